The van der Waals surface area contributed by atoms with Crippen molar-refractivity contribution in [3.8, 4) is 0 Å². The summed E-state index contributed by atoms with van der Waals surface area (Å²) < 4.78 is 0. The first-order valence-corrected chi connectivity index (χ1v) is 3.80. The Morgan fingerprint density at radius 1 is 1.46 bits per heavy atom. The second kappa shape index (κ2) is 4.47. The van der Waals surface area contributed by atoms with Crippen molar-refractivity contribution in [2.45, 2.75) is 0 Å². The average molecular weight is 199 g/mol. The topological polar surface area (TPSA) is 50.7 Å². The quantitative estimate of drug-likeness (QED) is 0.451. The van der Waals surface area contributed by atoms with Crippen molar-refractivity contribution >= 4 is 30.1 Å². The maximum absolute atomic E-state index is 10.8. The Balaban J connectivity index is 2.59. The lowest BCUT2D eigenvalue weighted by Gasteiger charge is -2.01. The predicted molar refractivity (Wildman–Crippen MR) is 51.1 cm³/mol. The SMILES string of the molecule is C=NOC(=O)Nc1ccc(Cl)cc1. The number of benzene rings is 1. The second-order valence-electron chi connectivity index (χ2n) is 2.14. The summed E-state index contributed by atoms with van der Waals surface area (Å²) >= 11 is 5.64. The minimum absolute atomic E-state index is 0.582. The molecule has 0 aliphatic carbocycles. The van der Waals surface area contributed by atoms with Gasteiger partial charge >= 0.3 is 6.09 Å². The number of nitrogens with zero attached hydrogens (tertiary/aromatic N) is 1. The molecule has 0 radical (unpaired) electrons. The minimum Gasteiger partial charge on any atom is -0.298 e. The van der Waals surface area contributed by atoms with Gasteiger partial charge in [-0.05, 0) is 24.3 Å². The maximum Gasteiger partial charge on any atom is 0.437 e. The highest BCUT2D eigenvalue weighted by Crippen LogP contribution is 2.13. The van der Waals surface area contributed by atoms with Gasteiger partial charge in [0.2, 0.25) is 0 Å². The van der Waals surface area contributed by atoms with Crippen LogP contribution < -0.4 is 5.32 Å². The van der Waals surface area contributed by atoms with Gasteiger partial charge in [-0.25, -0.2) is 4.79 Å². The molecule has 0 saturated heterocycles. The molecule has 0 saturated carbocycles. The Morgan fingerprint density at radius 2 is 2.08 bits per heavy atom. The lowest BCUT2D eigenvalue weighted by atomic mass is 10.3. The fraction of sp³-hybridized carbons (Fsp3) is 0. The van der Waals surface area contributed by atoms with Crippen LogP contribution in [0.3, 0.4) is 0 Å². The molecule has 0 aliphatic rings. The number of rotatable bonds is 2. The molecule has 0 heterocycles. The fourth-order valence-corrected chi connectivity index (χ4v) is 0.859. The third-order valence-electron chi connectivity index (χ3n) is 1.24. The predicted octanol–water partition coefficient (Wildman–Crippen LogP) is 2.50. The Kier molecular flexibility index (Phi) is 3.28. The van der Waals surface area contributed by atoms with E-state index >= 15 is 0 Å². The summed E-state index contributed by atoms with van der Waals surface area (Å²) in [5, 5.41) is 5.98. The van der Waals surface area contributed by atoms with Gasteiger partial charge in [-0.3, -0.25) is 10.2 Å². The molecule has 68 valence electrons. The van der Waals surface area contributed by atoms with E-state index in [9.17, 15) is 4.79 Å². The summed E-state index contributed by atoms with van der Waals surface area (Å²) in [5.74, 6) is 0. The largest absolute Gasteiger partial charge is 0.437 e. The average Bonchev–Trinajstić information content (AvgIpc) is 2.09. The standard InChI is InChI=1S/C8H7ClN2O2/c1-10-13-8(12)11-7-4-2-6(9)3-5-7/h2-5H,1H2,(H,11,12). The molecule has 13 heavy (non-hydrogen) atoms. The second-order valence-corrected chi connectivity index (χ2v) is 2.58. The van der Waals surface area contributed by atoms with Gasteiger partial charge in [0, 0.05) is 17.4 Å². The van der Waals surface area contributed by atoms with Crippen molar-refractivity contribution in [2.75, 3.05) is 5.32 Å². The van der Waals surface area contributed by atoms with Crippen molar-refractivity contribution in [3.05, 3.63) is 29.3 Å². The van der Waals surface area contributed by atoms with E-state index in [2.05, 4.69) is 22.0 Å². The van der Waals surface area contributed by atoms with Gasteiger partial charge in [-0.2, -0.15) is 0 Å². The summed E-state index contributed by atoms with van der Waals surface area (Å²) in [6, 6.07) is 6.59. The van der Waals surface area contributed by atoms with Crippen molar-refractivity contribution in [3.63, 3.8) is 0 Å². The number of hydrogen-bond donors (Lipinski definition) is 1. The van der Waals surface area contributed by atoms with E-state index in [1.165, 1.54) is 0 Å². The maximum atomic E-state index is 10.8. The number of anilines is 1. The molecular formula is C8H7ClN2O2. The number of nitrogens with one attached hydrogen (secondary N) is 1. The number of halogens is 1. The van der Waals surface area contributed by atoms with E-state index in [-0.39, 0.29) is 0 Å². The fourth-order valence-electron chi connectivity index (χ4n) is 0.733. The van der Waals surface area contributed by atoms with Gasteiger partial charge in [-0.15, -0.1) is 0 Å². The monoisotopic (exact) mass is 198 g/mol. The van der Waals surface area contributed by atoms with Crippen molar-refractivity contribution in [1.82, 2.24) is 0 Å². The van der Waals surface area contributed by atoms with Crippen molar-refractivity contribution < 1.29 is 9.63 Å². The highest BCUT2D eigenvalue weighted by molar-refractivity contribution is 6.30. The summed E-state index contributed by atoms with van der Waals surface area (Å²) in [7, 11) is 0. The van der Waals surface area contributed by atoms with Crippen LogP contribution >= 0.6 is 11.6 Å². The van der Waals surface area contributed by atoms with Crippen LogP contribution in [0.4, 0.5) is 10.5 Å². The third kappa shape index (κ3) is 3.13. The van der Waals surface area contributed by atoms with Crippen LogP contribution in [0.2, 0.25) is 5.02 Å². The summed E-state index contributed by atoms with van der Waals surface area (Å²) in [6.07, 6.45) is -0.683. The van der Waals surface area contributed by atoms with Crippen LogP contribution in [0.25, 0.3) is 0 Å². The van der Waals surface area contributed by atoms with E-state index in [4.69, 9.17) is 11.6 Å². The normalized spacial score (nSPS) is 9.00. The van der Waals surface area contributed by atoms with Crippen molar-refractivity contribution in [2.24, 2.45) is 5.16 Å². The molecule has 1 aromatic carbocycles. The van der Waals surface area contributed by atoms with Crippen LogP contribution in [-0.4, -0.2) is 12.8 Å². The molecule has 5 heteroatoms. The molecule has 0 aromatic heterocycles. The Labute approximate surface area is 80.1 Å². The van der Waals surface area contributed by atoms with E-state index in [1.807, 2.05) is 0 Å². The van der Waals surface area contributed by atoms with E-state index in [0.29, 0.717) is 10.7 Å². The zero-order valence-electron chi connectivity index (χ0n) is 6.66. The number of hydrogen-bond acceptors (Lipinski definition) is 3. The van der Waals surface area contributed by atoms with Crippen LogP contribution in [0, 0.1) is 0 Å². The van der Waals surface area contributed by atoms with E-state index < -0.39 is 6.09 Å². The first kappa shape index (κ1) is 9.54. The first-order valence-electron chi connectivity index (χ1n) is 3.42. The molecular weight excluding hydrogens is 192 g/mol. The van der Waals surface area contributed by atoms with E-state index in [0.717, 1.165) is 0 Å². The highest BCUT2D eigenvalue weighted by atomic mass is 35.5. The minimum atomic E-state index is -0.683. The molecule has 0 fully saturated rings. The smallest absolute Gasteiger partial charge is 0.298 e. The number of carbonyl (C=O) groups excluding carboxylic acids is 1. The lowest BCUT2D eigenvalue weighted by Crippen LogP contribution is -2.10. The van der Waals surface area contributed by atoms with Gasteiger partial charge in [0.1, 0.15) is 0 Å². The summed E-state index contributed by atoms with van der Waals surface area (Å²) in [6.45, 7) is 3.00. The van der Waals surface area contributed by atoms with E-state index in [1.54, 1.807) is 24.3 Å². The zero-order valence-corrected chi connectivity index (χ0v) is 7.41. The molecule has 0 atom stereocenters. The van der Waals surface area contributed by atoms with Gasteiger partial charge in [0.25, 0.3) is 0 Å². The zero-order chi connectivity index (χ0) is 9.68. The Morgan fingerprint density at radius 3 is 2.62 bits per heavy atom. The first-order chi connectivity index (χ1) is 6.22. The molecule has 1 rings (SSSR count). The lowest BCUT2D eigenvalue weighted by molar-refractivity contribution is 0.167. The van der Waals surface area contributed by atoms with Crippen LogP contribution in [0.1, 0.15) is 0 Å². The molecule has 1 aromatic rings. The van der Waals surface area contributed by atoms with Gasteiger partial charge in [-0.1, -0.05) is 16.8 Å². The van der Waals surface area contributed by atoms with Gasteiger partial charge < -0.3 is 0 Å². The third-order valence-corrected chi connectivity index (χ3v) is 1.49. The summed E-state index contributed by atoms with van der Waals surface area (Å²) in [5.41, 5.74) is 0.582. The van der Waals surface area contributed by atoms with Crippen LogP contribution in [0.15, 0.2) is 29.4 Å². The highest BCUT2D eigenvalue weighted by Gasteiger charge is 2.00. The van der Waals surface area contributed by atoms with Crippen molar-refractivity contribution in [1.29, 1.82) is 0 Å². The van der Waals surface area contributed by atoms with Crippen LogP contribution in [0.5, 0.6) is 0 Å². The molecule has 1 amide bonds. The molecule has 0 unspecified atom stereocenters. The molecule has 4 nitrogen and oxygen atoms in total. The van der Waals surface area contributed by atoms with Crippen LogP contribution in [-0.2, 0) is 4.84 Å². The Bertz CT molecular complexity index is 310. The Hall–Kier alpha value is -1.55. The number of oxime groups is 1. The number of carbonyl (C=O) groups is 1. The van der Waals surface area contributed by atoms with Gasteiger partial charge in [0.15, 0.2) is 0 Å². The number of amides is 1. The summed E-state index contributed by atoms with van der Waals surface area (Å²) in [4.78, 5) is 15.0. The molecule has 0 aliphatic heterocycles. The van der Waals surface area contributed by atoms with Gasteiger partial charge in [0.05, 0.1) is 0 Å². The molecule has 0 bridgehead atoms. The molecule has 0 spiro atoms. The molecule has 1 N–H and O–H groups in total.